The van der Waals surface area contributed by atoms with Gasteiger partial charge in [-0.1, -0.05) is 17.7 Å². The van der Waals surface area contributed by atoms with Gasteiger partial charge in [0.25, 0.3) is 0 Å². The van der Waals surface area contributed by atoms with Crippen LogP contribution in [0.4, 0.5) is 22.1 Å². The molecular weight excluding hydrogens is 356 g/mol. The predicted molar refractivity (Wildman–Crippen MR) is 111 cm³/mol. The van der Waals surface area contributed by atoms with Gasteiger partial charge < -0.3 is 25.6 Å². The third kappa shape index (κ3) is 5.56. The molecule has 2 amide bonds. The topological polar surface area (TPSA) is 91.4 Å². The molecule has 1 saturated heterocycles. The van der Waals surface area contributed by atoms with Gasteiger partial charge in [-0.05, 0) is 32.4 Å². The average molecular weight is 384 g/mol. The molecule has 1 aliphatic rings. The van der Waals surface area contributed by atoms with Crippen LogP contribution in [0.5, 0.6) is 0 Å². The molecule has 8 heteroatoms. The second-order valence-corrected chi connectivity index (χ2v) is 6.88. The molecule has 0 aliphatic carbocycles. The van der Waals surface area contributed by atoms with Crippen LogP contribution in [-0.4, -0.2) is 55.4 Å². The molecule has 1 fully saturated rings. The van der Waals surface area contributed by atoms with E-state index in [1.165, 1.54) is 5.56 Å². The number of hydrogen-bond donors (Lipinski definition) is 3. The van der Waals surface area contributed by atoms with Crippen molar-refractivity contribution in [3.8, 4) is 0 Å². The summed E-state index contributed by atoms with van der Waals surface area (Å²) in [7, 11) is 0. The highest BCUT2D eigenvalue weighted by atomic mass is 16.5. The molecule has 1 aromatic heterocycles. The number of nitrogens with one attached hydrogen (secondary N) is 3. The molecule has 0 unspecified atom stereocenters. The monoisotopic (exact) mass is 384 g/mol. The van der Waals surface area contributed by atoms with Crippen LogP contribution >= 0.6 is 0 Å². The predicted octanol–water partition coefficient (Wildman–Crippen LogP) is 2.47. The Labute approximate surface area is 165 Å². The molecule has 0 radical (unpaired) electrons. The molecule has 0 saturated carbocycles. The van der Waals surface area contributed by atoms with Gasteiger partial charge >= 0.3 is 6.03 Å². The number of ether oxygens (including phenoxy) is 1. The van der Waals surface area contributed by atoms with Crippen molar-refractivity contribution in [1.29, 1.82) is 0 Å². The number of benzene rings is 1. The van der Waals surface area contributed by atoms with Crippen LogP contribution in [0.15, 0.2) is 24.3 Å². The summed E-state index contributed by atoms with van der Waals surface area (Å²) in [5.74, 6) is 2.37. The summed E-state index contributed by atoms with van der Waals surface area (Å²) >= 11 is 0. The highest BCUT2D eigenvalue weighted by molar-refractivity contribution is 5.90. The van der Waals surface area contributed by atoms with E-state index in [0.29, 0.717) is 32.1 Å². The Morgan fingerprint density at radius 3 is 2.64 bits per heavy atom. The zero-order chi connectivity index (χ0) is 19.9. The number of rotatable bonds is 6. The summed E-state index contributed by atoms with van der Waals surface area (Å²) in [4.78, 5) is 23.2. The highest BCUT2D eigenvalue weighted by Crippen LogP contribution is 2.17. The number of carbonyl (C=O) groups is 1. The van der Waals surface area contributed by atoms with Crippen molar-refractivity contribution in [3.05, 3.63) is 41.2 Å². The van der Waals surface area contributed by atoms with Gasteiger partial charge in [-0.2, -0.15) is 0 Å². The summed E-state index contributed by atoms with van der Waals surface area (Å²) in [6, 6.07) is 7.66. The molecular formula is C20H28N6O2. The van der Waals surface area contributed by atoms with Gasteiger partial charge in [0.15, 0.2) is 0 Å². The molecule has 0 bridgehead atoms. The minimum atomic E-state index is -0.221. The normalized spacial score (nSPS) is 13.9. The number of morpholine rings is 1. The van der Waals surface area contributed by atoms with Crippen LogP contribution in [0.1, 0.15) is 17.0 Å². The number of hydrogen-bond acceptors (Lipinski definition) is 6. The van der Waals surface area contributed by atoms with Gasteiger partial charge in [0.2, 0.25) is 0 Å². The second kappa shape index (κ2) is 9.36. The van der Waals surface area contributed by atoms with Crippen molar-refractivity contribution >= 4 is 23.4 Å². The average Bonchev–Trinajstić information content (AvgIpc) is 2.68. The van der Waals surface area contributed by atoms with E-state index in [4.69, 9.17) is 4.74 Å². The van der Waals surface area contributed by atoms with Gasteiger partial charge in [-0.3, -0.25) is 0 Å². The minimum Gasteiger partial charge on any atom is -0.378 e. The fourth-order valence-corrected chi connectivity index (χ4v) is 3.08. The zero-order valence-electron chi connectivity index (χ0n) is 16.7. The van der Waals surface area contributed by atoms with Crippen LogP contribution in [0.25, 0.3) is 0 Å². The van der Waals surface area contributed by atoms with E-state index in [1.807, 2.05) is 45.0 Å². The third-order valence-electron chi connectivity index (χ3n) is 4.51. The lowest BCUT2D eigenvalue weighted by molar-refractivity contribution is 0.122. The Bertz CT molecular complexity index is 820. The van der Waals surface area contributed by atoms with Crippen LogP contribution in [-0.2, 0) is 4.74 Å². The van der Waals surface area contributed by atoms with Crippen molar-refractivity contribution in [1.82, 2.24) is 15.3 Å². The Balaban J connectivity index is 1.47. The number of aromatic nitrogens is 2. The number of urea groups is 1. The lowest BCUT2D eigenvalue weighted by Gasteiger charge is -2.28. The Hall–Kier alpha value is -2.87. The Kier molecular flexibility index (Phi) is 6.65. The maximum Gasteiger partial charge on any atom is 0.319 e. The molecule has 3 N–H and O–H groups in total. The van der Waals surface area contributed by atoms with E-state index in [9.17, 15) is 4.79 Å². The Morgan fingerprint density at radius 2 is 1.89 bits per heavy atom. The number of amides is 2. The van der Waals surface area contributed by atoms with E-state index >= 15 is 0 Å². The van der Waals surface area contributed by atoms with Crippen molar-refractivity contribution in [2.75, 3.05) is 54.9 Å². The maximum absolute atomic E-state index is 12.1. The molecule has 0 atom stereocenters. The van der Waals surface area contributed by atoms with Gasteiger partial charge in [0.1, 0.15) is 17.5 Å². The first-order valence-corrected chi connectivity index (χ1v) is 9.55. The summed E-state index contributed by atoms with van der Waals surface area (Å²) in [6.45, 7) is 10.0. The second-order valence-electron chi connectivity index (χ2n) is 6.88. The fourth-order valence-electron chi connectivity index (χ4n) is 3.08. The molecule has 3 rings (SSSR count). The minimum absolute atomic E-state index is 0.221. The summed E-state index contributed by atoms with van der Waals surface area (Å²) in [5, 5.41) is 8.98. The molecule has 2 heterocycles. The molecule has 2 aromatic rings. The first-order chi connectivity index (χ1) is 13.5. The smallest absolute Gasteiger partial charge is 0.319 e. The van der Waals surface area contributed by atoms with E-state index in [1.54, 1.807) is 0 Å². The summed E-state index contributed by atoms with van der Waals surface area (Å²) < 4.78 is 5.39. The number of carbonyl (C=O) groups excluding carboxylic acids is 1. The largest absolute Gasteiger partial charge is 0.378 e. The van der Waals surface area contributed by atoms with E-state index in [0.717, 1.165) is 36.0 Å². The van der Waals surface area contributed by atoms with Crippen molar-refractivity contribution < 1.29 is 9.53 Å². The first kappa shape index (κ1) is 19.9. The van der Waals surface area contributed by atoms with Crippen molar-refractivity contribution in [2.45, 2.75) is 20.8 Å². The standard InChI is InChI=1S/C20H28N6O2/c1-14-4-5-17(15(2)12-14)25-20(27)22-7-6-21-18-13-19(24-16(3)23-18)26-8-10-28-11-9-26/h4-5,12-13H,6-11H2,1-3H3,(H,21,23,24)(H2,22,25,27). The van der Waals surface area contributed by atoms with Crippen LogP contribution in [0, 0.1) is 20.8 Å². The molecule has 1 aliphatic heterocycles. The maximum atomic E-state index is 12.1. The molecule has 8 nitrogen and oxygen atoms in total. The zero-order valence-corrected chi connectivity index (χ0v) is 16.7. The molecule has 0 spiro atoms. The summed E-state index contributed by atoms with van der Waals surface area (Å²) in [5.41, 5.74) is 3.03. The lowest BCUT2D eigenvalue weighted by atomic mass is 10.1. The van der Waals surface area contributed by atoms with E-state index in [2.05, 4.69) is 30.8 Å². The third-order valence-corrected chi connectivity index (χ3v) is 4.51. The molecule has 28 heavy (non-hydrogen) atoms. The van der Waals surface area contributed by atoms with E-state index in [-0.39, 0.29) is 6.03 Å². The quantitative estimate of drug-likeness (QED) is 0.663. The van der Waals surface area contributed by atoms with E-state index < -0.39 is 0 Å². The SMILES string of the molecule is Cc1ccc(NC(=O)NCCNc2cc(N3CCOCC3)nc(C)n2)c(C)c1. The van der Waals surface area contributed by atoms with Crippen molar-refractivity contribution in [3.63, 3.8) is 0 Å². The summed E-state index contributed by atoms with van der Waals surface area (Å²) in [6.07, 6.45) is 0. The highest BCUT2D eigenvalue weighted by Gasteiger charge is 2.14. The Morgan fingerprint density at radius 1 is 1.11 bits per heavy atom. The van der Waals surface area contributed by atoms with Gasteiger partial charge in [0, 0.05) is 37.9 Å². The van der Waals surface area contributed by atoms with Gasteiger partial charge in [-0.25, -0.2) is 14.8 Å². The number of nitrogens with zero attached hydrogens (tertiary/aromatic N) is 3. The van der Waals surface area contributed by atoms with Crippen molar-refractivity contribution in [2.24, 2.45) is 0 Å². The fraction of sp³-hybridized carbons (Fsp3) is 0.450. The van der Waals surface area contributed by atoms with Crippen LogP contribution < -0.4 is 20.9 Å². The van der Waals surface area contributed by atoms with Crippen LogP contribution in [0.2, 0.25) is 0 Å². The first-order valence-electron chi connectivity index (χ1n) is 9.55. The molecule has 150 valence electrons. The van der Waals surface area contributed by atoms with Gasteiger partial charge in [-0.15, -0.1) is 0 Å². The number of anilines is 3. The van der Waals surface area contributed by atoms with Gasteiger partial charge in [0.05, 0.1) is 13.2 Å². The molecule has 1 aromatic carbocycles. The lowest BCUT2D eigenvalue weighted by Crippen LogP contribution is -2.37. The number of aryl methyl sites for hydroxylation is 3. The van der Waals surface area contributed by atoms with Crippen LogP contribution in [0.3, 0.4) is 0 Å².